The van der Waals surface area contributed by atoms with Gasteiger partial charge in [0, 0.05) is 26.2 Å². The number of rotatable bonds is 3. The Morgan fingerprint density at radius 1 is 1.00 bits per heavy atom. The summed E-state index contributed by atoms with van der Waals surface area (Å²) in [4.78, 5) is 15.0. The number of nitrogens with zero attached hydrogens (tertiary/aromatic N) is 1. The summed E-state index contributed by atoms with van der Waals surface area (Å²) in [6, 6.07) is 23.7. The van der Waals surface area contributed by atoms with Gasteiger partial charge in [-0.1, -0.05) is 54.6 Å². The summed E-state index contributed by atoms with van der Waals surface area (Å²) in [5, 5.41) is 16.1. The van der Waals surface area contributed by atoms with Crippen LogP contribution < -0.4 is 5.32 Å². The van der Waals surface area contributed by atoms with Crippen LogP contribution in [0.4, 0.5) is 0 Å². The van der Waals surface area contributed by atoms with Crippen molar-refractivity contribution in [1.82, 2.24) is 10.2 Å². The van der Waals surface area contributed by atoms with Gasteiger partial charge in [0.15, 0.2) is 0 Å². The molecule has 0 bridgehead atoms. The molecule has 2 aliphatic heterocycles. The maximum Gasteiger partial charge on any atom is 0.230 e. The topological polar surface area (TPSA) is 52.6 Å². The van der Waals surface area contributed by atoms with Crippen LogP contribution in [0.25, 0.3) is 21.9 Å². The zero-order chi connectivity index (χ0) is 20.6. The molecule has 2 fully saturated rings. The van der Waals surface area contributed by atoms with Crippen LogP contribution in [-0.4, -0.2) is 41.7 Å². The number of carbonyl (C=O) groups excluding carboxylic acids is 1. The molecule has 2 aliphatic rings. The van der Waals surface area contributed by atoms with Gasteiger partial charge in [-0.15, -0.1) is 0 Å². The number of likely N-dealkylation sites (tertiary alicyclic amines) is 1. The maximum absolute atomic E-state index is 12.6. The number of hydrogen-bond acceptors (Lipinski definition) is 3. The molecule has 1 spiro atoms. The molecule has 2 saturated heterocycles. The van der Waals surface area contributed by atoms with Gasteiger partial charge in [0.1, 0.15) is 0 Å². The van der Waals surface area contributed by atoms with Crippen molar-refractivity contribution >= 4 is 16.7 Å². The third kappa shape index (κ3) is 3.51. The number of fused-ring (bicyclic) bond motifs is 1. The van der Waals surface area contributed by atoms with Crippen molar-refractivity contribution in [3.63, 3.8) is 0 Å². The molecule has 0 radical (unpaired) electrons. The van der Waals surface area contributed by atoms with Gasteiger partial charge in [-0.3, -0.25) is 9.69 Å². The second kappa shape index (κ2) is 7.86. The van der Waals surface area contributed by atoms with Gasteiger partial charge >= 0.3 is 0 Å². The zero-order valence-electron chi connectivity index (χ0n) is 17.2. The van der Waals surface area contributed by atoms with Crippen molar-refractivity contribution < 1.29 is 9.90 Å². The number of benzene rings is 3. The molecule has 30 heavy (non-hydrogen) atoms. The molecular formula is C26H28N2O2. The van der Waals surface area contributed by atoms with Crippen molar-refractivity contribution in [2.45, 2.75) is 31.9 Å². The van der Waals surface area contributed by atoms with E-state index in [2.05, 4.69) is 76.9 Å². The first-order valence-electron chi connectivity index (χ1n) is 10.9. The van der Waals surface area contributed by atoms with Crippen LogP contribution >= 0.6 is 0 Å². The van der Waals surface area contributed by atoms with E-state index in [1.807, 2.05) is 0 Å². The Balaban J connectivity index is 1.37. The van der Waals surface area contributed by atoms with Crippen LogP contribution in [0.3, 0.4) is 0 Å². The lowest BCUT2D eigenvalue weighted by Crippen LogP contribution is -2.61. The number of aliphatic hydroxyl groups is 1. The molecule has 154 valence electrons. The lowest BCUT2D eigenvalue weighted by Gasteiger charge is -2.47. The molecule has 4 heteroatoms. The fourth-order valence-corrected chi connectivity index (χ4v) is 5.14. The van der Waals surface area contributed by atoms with Gasteiger partial charge in [0.25, 0.3) is 0 Å². The summed E-state index contributed by atoms with van der Waals surface area (Å²) >= 11 is 0. The number of carbonyl (C=O) groups is 1. The molecule has 2 atom stereocenters. The molecule has 3 aromatic rings. The monoisotopic (exact) mass is 400 g/mol. The number of aliphatic hydroxyl groups excluding tert-OH is 1. The molecular weight excluding hydrogens is 372 g/mol. The average molecular weight is 401 g/mol. The van der Waals surface area contributed by atoms with Gasteiger partial charge in [0.2, 0.25) is 5.91 Å². The fraction of sp³-hybridized carbons (Fsp3) is 0.346. The predicted octanol–water partition coefficient (Wildman–Crippen LogP) is 3.97. The van der Waals surface area contributed by atoms with E-state index in [9.17, 15) is 9.90 Å². The first kappa shape index (κ1) is 19.3. The Hall–Kier alpha value is -2.69. The molecule has 0 aromatic heterocycles. The van der Waals surface area contributed by atoms with Gasteiger partial charge in [0.05, 0.1) is 11.5 Å². The van der Waals surface area contributed by atoms with Crippen LogP contribution in [0.2, 0.25) is 0 Å². The molecule has 2 N–H and O–H groups in total. The summed E-state index contributed by atoms with van der Waals surface area (Å²) in [6.07, 6.45) is 1.82. The highest BCUT2D eigenvalue weighted by Gasteiger charge is 2.49. The van der Waals surface area contributed by atoms with E-state index in [0.29, 0.717) is 13.0 Å². The van der Waals surface area contributed by atoms with E-state index in [1.54, 1.807) is 0 Å². The molecule has 1 amide bonds. The number of piperidine rings is 2. The highest BCUT2D eigenvalue weighted by atomic mass is 16.3. The van der Waals surface area contributed by atoms with Crippen LogP contribution in [-0.2, 0) is 11.3 Å². The zero-order valence-corrected chi connectivity index (χ0v) is 17.2. The average Bonchev–Trinajstić information content (AvgIpc) is 2.78. The smallest absolute Gasteiger partial charge is 0.230 e. The quantitative estimate of drug-likeness (QED) is 0.700. The summed E-state index contributed by atoms with van der Waals surface area (Å²) < 4.78 is 0. The lowest BCUT2D eigenvalue weighted by molar-refractivity contribution is -0.149. The maximum atomic E-state index is 12.6. The first-order valence-corrected chi connectivity index (χ1v) is 10.9. The van der Waals surface area contributed by atoms with Crippen molar-refractivity contribution in [2.24, 2.45) is 5.41 Å². The third-order valence-electron chi connectivity index (χ3n) is 6.82. The largest absolute Gasteiger partial charge is 0.392 e. The Morgan fingerprint density at radius 3 is 2.70 bits per heavy atom. The van der Waals surface area contributed by atoms with Crippen molar-refractivity contribution in [3.05, 3.63) is 72.3 Å². The van der Waals surface area contributed by atoms with Gasteiger partial charge in [-0.05, 0) is 58.9 Å². The first-order chi connectivity index (χ1) is 14.6. The van der Waals surface area contributed by atoms with E-state index in [1.165, 1.54) is 27.5 Å². The minimum atomic E-state index is -0.646. The highest BCUT2D eigenvalue weighted by Crippen LogP contribution is 2.38. The third-order valence-corrected chi connectivity index (χ3v) is 6.82. The normalized spacial score (nSPS) is 24.8. The predicted molar refractivity (Wildman–Crippen MR) is 120 cm³/mol. The highest BCUT2D eigenvalue weighted by molar-refractivity contribution is 5.87. The molecule has 0 unspecified atom stereocenters. The van der Waals surface area contributed by atoms with Crippen molar-refractivity contribution in [3.8, 4) is 11.1 Å². The van der Waals surface area contributed by atoms with Crippen molar-refractivity contribution in [1.29, 1.82) is 0 Å². The summed E-state index contributed by atoms with van der Waals surface area (Å²) in [7, 11) is 0. The summed E-state index contributed by atoms with van der Waals surface area (Å²) in [5.41, 5.74) is 3.02. The number of nitrogens with one attached hydrogen (secondary N) is 1. The van der Waals surface area contributed by atoms with Gasteiger partial charge in [-0.25, -0.2) is 0 Å². The van der Waals surface area contributed by atoms with E-state index in [4.69, 9.17) is 0 Å². The molecule has 2 heterocycles. The number of amides is 1. The minimum Gasteiger partial charge on any atom is -0.392 e. The van der Waals surface area contributed by atoms with E-state index >= 15 is 0 Å². The minimum absolute atomic E-state index is 0.0239. The Labute approximate surface area is 177 Å². The second-order valence-electron chi connectivity index (χ2n) is 8.79. The van der Waals surface area contributed by atoms with E-state index in [-0.39, 0.29) is 5.91 Å². The summed E-state index contributed by atoms with van der Waals surface area (Å²) in [6.45, 7) is 2.96. The van der Waals surface area contributed by atoms with Crippen LogP contribution in [0.15, 0.2) is 66.7 Å². The fourth-order valence-electron chi connectivity index (χ4n) is 5.14. The number of hydrogen-bond donors (Lipinski definition) is 2. The second-order valence-corrected chi connectivity index (χ2v) is 8.79. The van der Waals surface area contributed by atoms with Crippen LogP contribution in [0.1, 0.15) is 24.8 Å². The molecule has 5 rings (SSSR count). The standard InChI is InChI=1S/C26H28N2O2/c29-24-11-14-28(18-26(24)12-4-13-27-25(26)30)17-19-5-3-8-21(15-19)23-10-9-20-6-1-2-7-22(20)16-23/h1-3,5-10,15-16,24,29H,4,11-14,17-18H2,(H,27,30)/t24-,26+/m0/s1. The summed E-state index contributed by atoms with van der Waals surface area (Å²) in [5.74, 6) is 0.0239. The molecule has 0 aliphatic carbocycles. The Morgan fingerprint density at radius 2 is 1.83 bits per heavy atom. The van der Waals surface area contributed by atoms with Crippen molar-refractivity contribution in [2.75, 3.05) is 19.6 Å². The molecule has 0 saturated carbocycles. The lowest BCUT2D eigenvalue weighted by atomic mass is 9.71. The van der Waals surface area contributed by atoms with Gasteiger partial charge < -0.3 is 10.4 Å². The SMILES string of the molecule is O=C1NCCC[C@]12CN(Cc1cccc(-c3ccc4ccccc4c3)c1)CC[C@@H]2O. The Bertz CT molecular complexity index is 1080. The van der Waals surface area contributed by atoms with Crippen LogP contribution in [0.5, 0.6) is 0 Å². The molecule has 4 nitrogen and oxygen atoms in total. The van der Waals surface area contributed by atoms with E-state index in [0.717, 1.165) is 32.5 Å². The van der Waals surface area contributed by atoms with E-state index < -0.39 is 11.5 Å². The van der Waals surface area contributed by atoms with Gasteiger partial charge in [-0.2, -0.15) is 0 Å². The van der Waals surface area contributed by atoms with Crippen LogP contribution in [0, 0.1) is 5.41 Å². The molecule has 3 aromatic carbocycles. The Kier molecular flexibility index (Phi) is 5.05.